The van der Waals surface area contributed by atoms with Crippen molar-refractivity contribution in [2.24, 2.45) is 0 Å². The Morgan fingerprint density at radius 2 is 1.73 bits per heavy atom. The Bertz CT molecular complexity index is 812. The minimum absolute atomic E-state index is 0.248. The number of aryl methyl sites for hydroxylation is 2. The van der Waals surface area contributed by atoms with Gasteiger partial charge in [0.25, 0.3) is 5.91 Å². The molecule has 0 fully saturated rings. The lowest BCUT2D eigenvalue weighted by Gasteiger charge is -2.08. The van der Waals surface area contributed by atoms with E-state index in [1.165, 1.54) is 11.3 Å². The molecule has 0 aliphatic carbocycles. The number of hydrogen-bond donors (Lipinski definition) is 1. The molecule has 0 spiro atoms. The fraction of sp³-hybridized carbons (Fsp3) is 0.316. The van der Waals surface area contributed by atoms with Crippen molar-refractivity contribution in [2.45, 2.75) is 27.2 Å². The number of rotatable bonds is 7. The predicted molar refractivity (Wildman–Crippen MR) is 99.7 cm³/mol. The van der Waals surface area contributed by atoms with Crippen LogP contribution in [0.25, 0.3) is 0 Å². The van der Waals surface area contributed by atoms with Gasteiger partial charge < -0.3 is 14.8 Å². The number of ether oxygens (including phenoxy) is 2. The highest BCUT2D eigenvalue weighted by atomic mass is 32.1. The minimum Gasteiger partial charge on any atom is -0.462 e. The van der Waals surface area contributed by atoms with E-state index in [1.54, 1.807) is 38.1 Å². The summed E-state index contributed by atoms with van der Waals surface area (Å²) in [4.78, 5) is 37.1. The van der Waals surface area contributed by atoms with Crippen molar-refractivity contribution < 1.29 is 23.9 Å². The van der Waals surface area contributed by atoms with Crippen LogP contribution in [0.2, 0.25) is 0 Å². The van der Waals surface area contributed by atoms with Crippen molar-refractivity contribution in [3.8, 4) is 0 Å². The van der Waals surface area contributed by atoms with Crippen LogP contribution < -0.4 is 5.32 Å². The molecule has 1 amide bonds. The van der Waals surface area contributed by atoms with Gasteiger partial charge in [-0.1, -0.05) is 25.1 Å². The molecule has 0 atom stereocenters. The molecular weight excluding hydrogens is 354 g/mol. The molecular formula is C19H21NO5S. The lowest BCUT2D eigenvalue weighted by Crippen LogP contribution is -2.21. The molecule has 0 saturated heterocycles. The Hall–Kier alpha value is -2.67. The third kappa shape index (κ3) is 4.92. The van der Waals surface area contributed by atoms with Gasteiger partial charge in [0.15, 0.2) is 6.61 Å². The smallest absolute Gasteiger partial charge is 0.341 e. The van der Waals surface area contributed by atoms with E-state index in [1.807, 2.05) is 13.0 Å². The molecule has 0 radical (unpaired) electrons. The van der Waals surface area contributed by atoms with Crippen molar-refractivity contribution in [2.75, 3.05) is 18.5 Å². The summed E-state index contributed by atoms with van der Waals surface area (Å²) in [7, 11) is 0. The van der Waals surface area contributed by atoms with Crippen LogP contribution in [0, 0.1) is 6.92 Å². The molecule has 0 aliphatic rings. The second-order valence-electron chi connectivity index (χ2n) is 5.47. The van der Waals surface area contributed by atoms with Crippen LogP contribution in [-0.4, -0.2) is 31.1 Å². The maximum atomic E-state index is 12.1. The van der Waals surface area contributed by atoms with E-state index in [9.17, 15) is 14.4 Å². The van der Waals surface area contributed by atoms with Crippen LogP contribution in [0.4, 0.5) is 5.00 Å². The van der Waals surface area contributed by atoms with Gasteiger partial charge in [-0.25, -0.2) is 9.59 Å². The first kappa shape index (κ1) is 19.7. The molecule has 0 bridgehead atoms. The van der Waals surface area contributed by atoms with Crippen LogP contribution >= 0.6 is 11.3 Å². The van der Waals surface area contributed by atoms with E-state index in [0.29, 0.717) is 16.1 Å². The molecule has 2 rings (SSSR count). The topological polar surface area (TPSA) is 81.7 Å². The lowest BCUT2D eigenvalue weighted by atomic mass is 10.1. The normalized spacial score (nSPS) is 10.3. The number of nitrogens with one attached hydrogen (secondary N) is 1. The quantitative estimate of drug-likeness (QED) is 0.748. The molecule has 26 heavy (non-hydrogen) atoms. The van der Waals surface area contributed by atoms with Crippen LogP contribution in [-0.2, 0) is 20.7 Å². The van der Waals surface area contributed by atoms with Gasteiger partial charge in [0.2, 0.25) is 0 Å². The number of esters is 2. The summed E-state index contributed by atoms with van der Waals surface area (Å²) in [6.07, 6.45) is 0.731. The molecule has 0 aliphatic heterocycles. The lowest BCUT2D eigenvalue weighted by molar-refractivity contribution is -0.119. The van der Waals surface area contributed by atoms with Crippen LogP contribution in [0.3, 0.4) is 0 Å². The van der Waals surface area contributed by atoms with E-state index in [0.717, 1.165) is 16.9 Å². The molecule has 1 N–H and O–H groups in total. The second-order valence-corrected chi connectivity index (χ2v) is 6.61. The van der Waals surface area contributed by atoms with E-state index in [4.69, 9.17) is 9.47 Å². The zero-order valence-electron chi connectivity index (χ0n) is 15.0. The number of thiophene rings is 1. The maximum absolute atomic E-state index is 12.1. The van der Waals surface area contributed by atoms with Gasteiger partial charge in [0.1, 0.15) is 5.00 Å². The Balaban J connectivity index is 2.01. The van der Waals surface area contributed by atoms with E-state index in [2.05, 4.69) is 5.32 Å². The Kier molecular flexibility index (Phi) is 6.91. The van der Waals surface area contributed by atoms with Gasteiger partial charge in [-0.05, 0) is 38.0 Å². The number of anilines is 1. The summed E-state index contributed by atoms with van der Waals surface area (Å²) >= 11 is 1.30. The number of amides is 1. The van der Waals surface area contributed by atoms with Crippen molar-refractivity contribution in [3.63, 3.8) is 0 Å². The first-order valence-electron chi connectivity index (χ1n) is 8.28. The molecule has 6 nitrogen and oxygen atoms in total. The Labute approximate surface area is 156 Å². The monoisotopic (exact) mass is 375 g/mol. The van der Waals surface area contributed by atoms with E-state index in [-0.39, 0.29) is 6.61 Å². The van der Waals surface area contributed by atoms with Crippen molar-refractivity contribution in [3.05, 3.63) is 51.9 Å². The Morgan fingerprint density at radius 3 is 2.38 bits per heavy atom. The zero-order valence-corrected chi connectivity index (χ0v) is 15.8. The maximum Gasteiger partial charge on any atom is 0.341 e. The summed E-state index contributed by atoms with van der Waals surface area (Å²) in [6, 6.07) is 8.68. The first-order chi connectivity index (χ1) is 12.5. The Morgan fingerprint density at radius 1 is 1.04 bits per heavy atom. The van der Waals surface area contributed by atoms with Crippen LogP contribution in [0.1, 0.15) is 45.0 Å². The fourth-order valence-corrected chi connectivity index (χ4v) is 3.24. The van der Waals surface area contributed by atoms with E-state index < -0.39 is 24.5 Å². The zero-order chi connectivity index (χ0) is 19.1. The van der Waals surface area contributed by atoms with Gasteiger partial charge in [-0.3, -0.25) is 4.79 Å². The van der Waals surface area contributed by atoms with Crippen molar-refractivity contribution in [1.29, 1.82) is 0 Å². The third-order valence-corrected chi connectivity index (χ3v) is 4.77. The molecule has 138 valence electrons. The standard InChI is InChI=1S/C19H21NO5S/c1-4-13-10-15(19(23)24-5-2)17(26-13)20-16(21)11-25-18(22)14-9-7-6-8-12(14)3/h6-10H,4-5,11H2,1-3H3,(H,20,21). The van der Waals surface area contributed by atoms with Crippen molar-refractivity contribution >= 4 is 34.2 Å². The molecule has 1 aromatic heterocycles. The van der Waals surface area contributed by atoms with Gasteiger partial charge >= 0.3 is 11.9 Å². The van der Waals surface area contributed by atoms with Crippen LogP contribution in [0.5, 0.6) is 0 Å². The van der Waals surface area contributed by atoms with Gasteiger partial charge in [-0.15, -0.1) is 11.3 Å². The highest BCUT2D eigenvalue weighted by Crippen LogP contribution is 2.29. The molecule has 2 aromatic rings. The highest BCUT2D eigenvalue weighted by molar-refractivity contribution is 7.16. The largest absolute Gasteiger partial charge is 0.462 e. The fourth-order valence-electron chi connectivity index (χ4n) is 2.24. The molecule has 1 heterocycles. The van der Waals surface area contributed by atoms with Gasteiger partial charge in [-0.2, -0.15) is 0 Å². The third-order valence-electron chi connectivity index (χ3n) is 3.58. The first-order valence-corrected chi connectivity index (χ1v) is 9.10. The molecule has 1 aromatic carbocycles. The molecule has 0 unspecified atom stereocenters. The second kappa shape index (κ2) is 9.15. The number of hydrogen-bond acceptors (Lipinski definition) is 6. The average molecular weight is 375 g/mol. The van der Waals surface area contributed by atoms with E-state index >= 15 is 0 Å². The summed E-state index contributed by atoms with van der Waals surface area (Å²) in [6.45, 7) is 5.27. The van der Waals surface area contributed by atoms with Gasteiger partial charge in [0.05, 0.1) is 17.7 Å². The van der Waals surface area contributed by atoms with Crippen molar-refractivity contribution in [1.82, 2.24) is 0 Å². The minimum atomic E-state index is -0.565. The summed E-state index contributed by atoms with van der Waals surface area (Å²) in [5, 5.41) is 3.03. The van der Waals surface area contributed by atoms with Gasteiger partial charge in [0, 0.05) is 4.88 Å². The highest BCUT2D eigenvalue weighted by Gasteiger charge is 2.19. The summed E-state index contributed by atoms with van der Waals surface area (Å²) in [5.41, 5.74) is 1.50. The summed E-state index contributed by atoms with van der Waals surface area (Å²) < 4.78 is 10.1. The number of carbonyl (C=O) groups is 3. The number of benzene rings is 1. The predicted octanol–water partition coefficient (Wildman–Crippen LogP) is 3.59. The average Bonchev–Trinajstić information content (AvgIpc) is 3.03. The molecule has 7 heteroatoms. The summed E-state index contributed by atoms with van der Waals surface area (Å²) in [5.74, 6) is -1.57. The van der Waals surface area contributed by atoms with Crippen LogP contribution in [0.15, 0.2) is 30.3 Å². The SMILES string of the molecule is CCOC(=O)c1cc(CC)sc1NC(=O)COC(=O)c1ccccc1C. The molecule has 0 saturated carbocycles. The number of carbonyl (C=O) groups excluding carboxylic acids is 3.